The van der Waals surface area contributed by atoms with Crippen molar-refractivity contribution < 1.29 is 4.79 Å². The van der Waals surface area contributed by atoms with Crippen LogP contribution in [0.25, 0.3) is 44.6 Å². The van der Waals surface area contributed by atoms with Crippen molar-refractivity contribution in [3.63, 3.8) is 0 Å². The van der Waals surface area contributed by atoms with Crippen LogP contribution in [-0.2, 0) is 4.79 Å². The Labute approximate surface area is 221 Å². The number of benzene rings is 2. The summed E-state index contributed by atoms with van der Waals surface area (Å²) in [4.78, 5) is 30.1. The van der Waals surface area contributed by atoms with Gasteiger partial charge in [-0.05, 0) is 42.9 Å². The Kier molecular flexibility index (Phi) is 5.87. The summed E-state index contributed by atoms with van der Waals surface area (Å²) in [5, 5.41) is 11.7. The number of fused-ring (bicyclic) bond motifs is 2. The predicted molar refractivity (Wildman–Crippen MR) is 152 cm³/mol. The molecule has 1 aliphatic rings. The lowest BCUT2D eigenvalue weighted by atomic mass is 9.95. The van der Waals surface area contributed by atoms with Crippen LogP contribution in [0.1, 0.15) is 20.8 Å². The van der Waals surface area contributed by atoms with E-state index in [4.69, 9.17) is 4.98 Å². The summed E-state index contributed by atoms with van der Waals surface area (Å²) in [6.45, 7) is 9.71. The lowest BCUT2D eigenvalue weighted by Gasteiger charge is -2.34. The summed E-state index contributed by atoms with van der Waals surface area (Å²) < 4.78 is 0. The number of piperazine rings is 1. The van der Waals surface area contributed by atoms with Crippen molar-refractivity contribution in [2.45, 2.75) is 20.8 Å². The molecule has 1 aliphatic heterocycles. The number of pyridine rings is 1. The van der Waals surface area contributed by atoms with Crippen LogP contribution in [0.3, 0.4) is 0 Å². The highest BCUT2D eigenvalue weighted by Crippen LogP contribution is 2.33. The highest BCUT2D eigenvalue weighted by molar-refractivity contribution is 5.98. The van der Waals surface area contributed by atoms with Gasteiger partial charge in [-0.25, -0.2) is 4.98 Å². The minimum absolute atomic E-state index is 0.0511. The van der Waals surface area contributed by atoms with E-state index in [1.54, 1.807) is 12.4 Å². The van der Waals surface area contributed by atoms with Gasteiger partial charge in [-0.15, -0.1) is 0 Å². The Hall–Kier alpha value is -4.24. The van der Waals surface area contributed by atoms with E-state index in [1.165, 1.54) is 0 Å². The Bertz CT molecular complexity index is 1640. The van der Waals surface area contributed by atoms with Crippen LogP contribution in [0, 0.1) is 5.41 Å². The molecule has 5 aromatic rings. The molecule has 0 unspecified atom stereocenters. The van der Waals surface area contributed by atoms with E-state index < -0.39 is 5.41 Å². The van der Waals surface area contributed by atoms with Crippen molar-refractivity contribution in [1.29, 1.82) is 0 Å². The number of aromatic nitrogens is 5. The molecule has 6 rings (SSSR count). The molecule has 1 saturated heterocycles. The van der Waals surface area contributed by atoms with E-state index in [1.807, 2.05) is 39.0 Å². The Balaban J connectivity index is 1.35. The quantitative estimate of drug-likeness (QED) is 0.319. The number of likely N-dealkylation sites (N-methyl/N-ethyl adjacent to an activating group) is 1. The first-order valence-corrected chi connectivity index (χ1v) is 12.9. The number of aromatic amines is 2. The van der Waals surface area contributed by atoms with Gasteiger partial charge in [-0.3, -0.25) is 14.9 Å². The average Bonchev–Trinajstić information content (AvgIpc) is 3.52. The molecule has 0 aliphatic carbocycles. The zero-order chi connectivity index (χ0) is 26.4. The van der Waals surface area contributed by atoms with Crippen molar-refractivity contribution >= 4 is 39.2 Å². The van der Waals surface area contributed by atoms with Crippen LogP contribution in [0.2, 0.25) is 0 Å². The number of carbonyl (C=O) groups is 1. The number of imidazole rings is 1. The van der Waals surface area contributed by atoms with Gasteiger partial charge >= 0.3 is 0 Å². The van der Waals surface area contributed by atoms with Gasteiger partial charge in [0.25, 0.3) is 0 Å². The van der Waals surface area contributed by atoms with E-state index in [9.17, 15) is 4.79 Å². The number of hydrogen-bond acceptors (Lipinski definition) is 6. The van der Waals surface area contributed by atoms with Gasteiger partial charge in [-0.1, -0.05) is 32.9 Å². The van der Waals surface area contributed by atoms with Crippen LogP contribution in [0.4, 0.5) is 11.4 Å². The van der Waals surface area contributed by atoms with Gasteiger partial charge in [-0.2, -0.15) is 5.10 Å². The highest BCUT2D eigenvalue weighted by Gasteiger charge is 2.22. The van der Waals surface area contributed by atoms with Crippen LogP contribution in [0.15, 0.2) is 54.9 Å². The van der Waals surface area contributed by atoms with Gasteiger partial charge < -0.3 is 20.1 Å². The molecule has 194 valence electrons. The van der Waals surface area contributed by atoms with Gasteiger partial charge in [0.2, 0.25) is 5.91 Å². The average molecular weight is 509 g/mol. The maximum atomic E-state index is 12.5. The summed E-state index contributed by atoms with van der Waals surface area (Å²) in [6, 6.07) is 14.4. The number of para-hydroxylation sites is 1. The normalized spacial score (nSPS) is 14.9. The fourth-order valence-corrected chi connectivity index (χ4v) is 4.79. The van der Waals surface area contributed by atoms with E-state index >= 15 is 0 Å². The van der Waals surface area contributed by atoms with E-state index in [2.05, 4.69) is 66.6 Å². The third kappa shape index (κ3) is 4.50. The van der Waals surface area contributed by atoms with Crippen LogP contribution < -0.4 is 10.2 Å². The largest absolute Gasteiger partial charge is 0.367 e. The van der Waals surface area contributed by atoms with Crippen LogP contribution in [-0.4, -0.2) is 69.2 Å². The minimum atomic E-state index is -0.489. The molecule has 3 N–H and O–H groups in total. The molecule has 0 saturated carbocycles. The minimum Gasteiger partial charge on any atom is -0.367 e. The lowest BCUT2D eigenvalue weighted by Crippen LogP contribution is -2.44. The van der Waals surface area contributed by atoms with E-state index in [0.29, 0.717) is 5.69 Å². The zero-order valence-corrected chi connectivity index (χ0v) is 22.2. The summed E-state index contributed by atoms with van der Waals surface area (Å²) >= 11 is 0. The van der Waals surface area contributed by atoms with Gasteiger partial charge in [0.1, 0.15) is 11.2 Å². The summed E-state index contributed by atoms with van der Waals surface area (Å²) in [7, 11) is 2.16. The van der Waals surface area contributed by atoms with Crippen molar-refractivity contribution in [2.24, 2.45) is 5.41 Å². The standard InChI is InChI=1S/C29H32N8O/c1-29(2,3)28(38)31-20-14-19(16-30-17-20)18-8-9-22-21(15-18)25(35-34-22)27-32-23-6-5-7-24(26(23)33-27)37-12-10-36(4)11-13-37/h5-9,14-17H,10-13H2,1-4H3,(H,31,38)(H,32,33)(H,34,35). The number of anilines is 2. The van der Waals surface area contributed by atoms with Crippen molar-refractivity contribution in [3.05, 3.63) is 54.9 Å². The summed E-state index contributed by atoms with van der Waals surface area (Å²) in [6.07, 6.45) is 3.47. The third-order valence-electron chi connectivity index (χ3n) is 7.13. The third-order valence-corrected chi connectivity index (χ3v) is 7.13. The number of carbonyl (C=O) groups excluding carboxylic acids is 1. The Morgan fingerprint density at radius 1 is 0.974 bits per heavy atom. The van der Waals surface area contributed by atoms with Crippen molar-refractivity contribution in [1.82, 2.24) is 30.0 Å². The smallest absolute Gasteiger partial charge is 0.229 e. The molecule has 38 heavy (non-hydrogen) atoms. The molecule has 3 aromatic heterocycles. The molecule has 9 heteroatoms. The van der Waals surface area contributed by atoms with E-state index in [0.717, 1.165) is 76.4 Å². The van der Waals surface area contributed by atoms with Gasteiger partial charge in [0.05, 0.1) is 28.6 Å². The maximum absolute atomic E-state index is 12.5. The Morgan fingerprint density at radius 2 is 1.79 bits per heavy atom. The van der Waals surface area contributed by atoms with Gasteiger partial charge in [0.15, 0.2) is 5.82 Å². The second-order valence-corrected chi connectivity index (χ2v) is 11.0. The monoisotopic (exact) mass is 508 g/mol. The highest BCUT2D eigenvalue weighted by atomic mass is 16.2. The number of H-pyrrole nitrogens is 2. The maximum Gasteiger partial charge on any atom is 0.229 e. The SMILES string of the molecule is CN1CCN(c2cccc3[nH]c(-c4n[nH]c5ccc(-c6cncc(NC(=O)C(C)(C)C)c6)cc45)nc23)CC1. The van der Waals surface area contributed by atoms with Gasteiger partial charge in [0, 0.05) is 48.7 Å². The Morgan fingerprint density at radius 3 is 2.58 bits per heavy atom. The molecule has 0 bridgehead atoms. The zero-order valence-electron chi connectivity index (χ0n) is 22.2. The van der Waals surface area contributed by atoms with Crippen LogP contribution >= 0.6 is 0 Å². The molecule has 4 heterocycles. The molecule has 9 nitrogen and oxygen atoms in total. The summed E-state index contributed by atoms with van der Waals surface area (Å²) in [5.74, 6) is 0.680. The van der Waals surface area contributed by atoms with E-state index in [-0.39, 0.29) is 5.91 Å². The lowest BCUT2D eigenvalue weighted by molar-refractivity contribution is -0.123. The number of hydrogen-bond donors (Lipinski definition) is 3. The molecule has 0 spiro atoms. The first-order valence-electron chi connectivity index (χ1n) is 12.9. The number of rotatable bonds is 4. The molecular weight excluding hydrogens is 476 g/mol. The molecule has 1 amide bonds. The number of amides is 1. The summed E-state index contributed by atoms with van der Waals surface area (Å²) in [5.41, 5.74) is 6.88. The second-order valence-electron chi connectivity index (χ2n) is 11.0. The number of nitrogens with one attached hydrogen (secondary N) is 3. The second kappa shape index (κ2) is 9.25. The first-order chi connectivity index (χ1) is 18.3. The molecule has 0 radical (unpaired) electrons. The number of nitrogens with zero attached hydrogens (tertiary/aromatic N) is 5. The fraction of sp³-hybridized carbons (Fsp3) is 0.310. The van der Waals surface area contributed by atoms with Crippen LogP contribution in [0.5, 0.6) is 0 Å². The molecular formula is C29H32N8O. The topological polar surface area (TPSA) is 106 Å². The first kappa shape index (κ1) is 24.1. The fourth-order valence-electron chi connectivity index (χ4n) is 4.79. The van der Waals surface area contributed by atoms with Crippen molar-refractivity contribution in [3.8, 4) is 22.6 Å². The van der Waals surface area contributed by atoms with Crippen molar-refractivity contribution in [2.75, 3.05) is 43.4 Å². The predicted octanol–water partition coefficient (Wildman–Crippen LogP) is 4.90. The molecule has 1 fully saturated rings. The molecule has 0 atom stereocenters. The molecule has 2 aromatic carbocycles.